The first-order valence-corrected chi connectivity index (χ1v) is 11.2. The van der Waals surface area contributed by atoms with E-state index in [1.165, 1.54) is 23.6 Å². The van der Waals surface area contributed by atoms with Crippen molar-refractivity contribution < 1.29 is 46.5 Å². The van der Waals surface area contributed by atoms with E-state index in [-0.39, 0.29) is 54.5 Å². The monoisotopic (exact) mass is 468 g/mol. The van der Waals surface area contributed by atoms with Gasteiger partial charge in [-0.05, 0) is 17.2 Å². The fourth-order valence-electron chi connectivity index (χ4n) is 4.17. The molecule has 2 aliphatic carbocycles. The van der Waals surface area contributed by atoms with Crippen molar-refractivity contribution >= 4 is 24.0 Å². The van der Waals surface area contributed by atoms with Crippen LogP contribution in [-0.4, -0.2) is 11.3 Å². The SMILES string of the molecule is C1=CC2[CH-]CCC2C=C1.CC(C)P(c1cc2ccccc2[cH-]1)C(C)C.[Cl-].[Cl-].[Ti+4]. The Kier molecular flexibility index (Phi) is 13.4. The van der Waals surface area contributed by atoms with Gasteiger partial charge in [-0.3, -0.25) is 0 Å². The summed E-state index contributed by atoms with van der Waals surface area (Å²) >= 11 is 0. The molecule has 0 aromatic heterocycles. The first kappa shape index (κ1) is 28.0. The van der Waals surface area contributed by atoms with E-state index in [0.29, 0.717) is 0 Å². The summed E-state index contributed by atoms with van der Waals surface area (Å²) in [5.41, 5.74) is 1.54. The predicted molar refractivity (Wildman–Crippen MR) is 115 cm³/mol. The molecule has 2 aliphatic rings. The van der Waals surface area contributed by atoms with Gasteiger partial charge in [0.2, 0.25) is 0 Å². The molecule has 0 nitrogen and oxygen atoms in total. The van der Waals surface area contributed by atoms with Crippen molar-refractivity contribution in [2.75, 3.05) is 0 Å². The molecule has 2 aromatic carbocycles. The summed E-state index contributed by atoms with van der Waals surface area (Å²) < 4.78 is 0. The third-order valence-electron chi connectivity index (χ3n) is 5.25. The molecule has 0 radical (unpaired) electrons. The van der Waals surface area contributed by atoms with Crippen molar-refractivity contribution in [2.45, 2.75) is 51.9 Å². The standard InChI is InChI=1S/C15H20P.C9H11.2ClH.Ti/c1-11(2)16(12(3)4)15-9-13-7-5-6-8-14(13)10-15;1-2-5-9-7-3-6-8(9)4-1;;;/h5-12H,1-4H3;1-2,4-6,8-9H,3,7H2;2*1H;/q2*-1;;;+4/p-2. The third kappa shape index (κ3) is 7.07. The van der Waals surface area contributed by atoms with Crippen LogP contribution in [-0.2, 0) is 21.7 Å². The largest absolute Gasteiger partial charge is 4.00 e. The smallest absolute Gasteiger partial charge is 1.00 e. The summed E-state index contributed by atoms with van der Waals surface area (Å²) in [5.74, 6) is 1.62. The van der Waals surface area contributed by atoms with Crippen molar-refractivity contribution in [1.82, 2.24) is 0 Å². The number of hydrogen-bond acceptors (Lipinski definition) is 0. The van der Waals surface area contributed by atoms with Gasteiger partial charge in [0.05, 0.1) is 0 Å². The molecule has 0 amide bonds. The number of hydrogen-bond donors (Lipinski definition) is 0. The Morgan fingerprint density at radius 1 is 0.964 bits per heavy atom. The minimum Gasteiger partial charge on any atom is -1.00 e. The number of allylic oxidation sites excluding steroid dienone is 4. The minimum atomic E-state index is -0.0206. The Bertz CT molecular complexity index is 689. The molecule has 0 N–H and O–H groups in total. The zero-order chi connectivity index (χ0) is 17.8. The summed E-state index contributed by atoms with van der Waals surface area (Å²) in [6, 6.07) is 13.5. The normalized spacial score (nSPS) is 19.5. The van der Waals surface area contributed by atoms with Gasteiger partial charge < -0.3 is 31.2 Å². The van der Waals surface area contributed by atoms with E-state index in [2.05, 4.69) is 94.8 Å². The second-order valence-corrected chi connectivity index (χ2v) is 11.2. The summed E-state index contributed by atoms with van der Waals surface area (Å²) in [6.45, 7) is 9.40. The second kappa shape index (κ2) is 13.4. The van der Waals surface area contributed by atoms with Crippen molar-refractivity contribution in [1.29, 1.82) is 0 Å². The summed E-state index contributed by atoms with van der Waals surface area (Å²) in [5, 5.41) is 4.36. The molecule has 4 heteroatoms. The van der Waals surface area contributed by atoms with E-state index in [4.69, 9.17) is 0 Å². The molecule has 1 saturated carbocycles. The van der Waals surface area contributed by atoms with Crippen molar-refractivity contribution in [2.24, 2.45) is 11.8 Å². The molecular weight excluding hydrogens is 438 g/mol. The Labute approximate surface area is 200 Å². The van der Waals surface area contributed by atoms with Crippen LogP contribution in [0.15, 0.2) is 60.7 Å². The second-order valence-electron chi connectivity index (χ2n) is 7.76. The van der Waals surface area contributed by atoms with E-state index in [0.717, 1.165) is 23.2 Å². The summed E-state index contributed by atoms with van der Waals surface area (Å²) in [7, 11) is -0.0206. The number of rotatable bonds is 3. The van der Waals surface area contributed by atoms with E-state index < -0.39 is 0 Å². The van der Waals surface area contributed by atoms with E-state index >= 15 is 0 Å². The van der Waals surface area contributed by atoms with Crippen molar-refractivity contribution in [3.8, 4) is 0 Å². The fraction of sp³-hybridized carbons (Fsp3) is 0.417. The Morgan fingerprint density at radius 2 is 1.61 bits per heavy atom. The molecule has 0 bridgehead atoms. The average molecular weight is 469 g/mol. The van der Waals surface area contributed by atoms with Gasteiger partial charge in [-0.25, -0.2) is 0 Å². The van der Waals surface area contributed by atoms with Gasteiger partial charge in [0.25, 0.3) is 0 Å². The molecule has 0 saturated heterocycles. The molecule has 1 fully saturated rings. The number of fused-ring (bicyclic) bond motifs is 2. The van der Waals surface area contributed by atoms with E-state index in [9.17, 15) is 0 Å². The van der Waals surface area contributed by atoms with E-state index in [1.54, 1.807) is 5.30 Å². The van der Waals surface area contributed by atoms with Gasteiger partial charge in [0, 0.05) is 0 Å². The molecule has 150 valence electrons. The van der Waals surface area contributed by atoms with Gasteiger partial charge >= 0.3 is 21.7 Å². The van der Waals surface area contributed by atoms with Crippen LogP contribution < -0.4 is 30.1 Å². The molecular formula is C24H31Cl2PTi. The van der Waals surface area contributed by atoms with Crippen LogP contribution in [0.4, 0.5) is 0 Å². The van der Waals surface area contributed by atoms with Gasteiger partial charge in [0.1, 0.15) is 0 Å². The molecule has 0 aliphatic heterocycles. The summed E-state index contributed by atoms with van der Waals surface area (Å²) in [4.78, 5) is 0. The zero-order valence-electron chi connectivity index (χ0n) is 17.3. The molecule has 0 spiro atoms. The molecule has 2 unspecified atom stereocenters. The maximum atomic E-state index is 2.42. The van der Waals surface area contributed by atoms with E-state index in [1.807, 2.05) is 0 Å². The number of benzene rings is 1. The molecule has 2 aromatic rings. The van der Waals surface area contributed by atoms with Gasteiger partial charge in [0.15, 0.2) is 0 Å². The van der Waals surface area contributed by atoms with Crippen LogP contribution in [0.2, 0.25) is 0 Å². The van der Waals surface area contributed by atoms with Gasteiger partial charge in [-0.2, -0.15) is 12.5 Å². The quantitative estimate of drug-likeness (QED) is 0.355. The van der Waals surface area contributed by atoms with Gasteiger partial charge in [-0.1, -0.05) is 66.3 Å². The van der Waals surface area contributed by atoms with Crippen LogP contribution in [0.1, 0.15) is 40.5 Å². The maximum Gasteiger partial charge on any atom is 4.00 e. The topological polar surface area (TPSA) is 0 Å². The first-order chi connectivity index (χ1) is 12.1. The van der Waals surface area contributed by atoms with Gasteiger partial charge in [-0.15, -0.1) is 52.3 Å². The predicted octanol–water partition coefficient (Wildman–Crippen LogP) is 0.831. The van der Waals surface area contributed by atoms with Crippen LogP contribution >= 0.6 is 7.92 Å². The van der Waals surface area contributed by atoms with Crippen LogP contribution in [0.25, 0.3) is 10.8 Å². The Hall–Kier alpha value is 0.0343. The first-order valence-electron chi connectivity index (χ1n) is 9.68. The molecule has 4 rings (SSSR count). The summed E-state index contributed by atoms with van der Waals surface area (Å²) in [6.07, 6.45) is 14.1. The third-order valence-corrected chi connectivity index (χ3v) is 8.33. The maximum absolute atomic E-state index is 2.42. The van der Waals surface area contributed by atoms with Crippen LogP contribution in [0.3, 0.4) is 0 Å². The zero-order valence-corrected chi connectivity index (χ0v) is 21.2. The Balaban J connectivity index is 0.000000525. The van der Waals surface area contributed by atoms with Crippen LogP contribution in [0.5, 0.6) is 0 Å². The molecule has 28 heavy (non-hydrogen) atoms. The molecule has 2 atom stereocenters. The van der Waals surface area contributed by atoms with Crippen LogP contribution in [0, 0.1) is 18.3 Å². The number of halogens is 2. The fourth-order valence-corrected chi connectivity index (χ4v) is 7.13. The Morgan fingerprint density at radius 3 is 2.21 bits per heavy atom. The average Bonchev–Trinajstić information content (AvgIpc) is 3.21. The minimum absolute atomic E-state index is 0. The molecule has 0 heterocycles. The van der Waals surface area contributed by atoms with Crippen molar-refractivity contribution in [3.05, 3.63) is 67.1 Å². The van der Waals surface area contributed by atoms with Crippen molar-refractivity contribution in [3.63, 3.8) is 0 Å².